The van der Waals surface area contributed by atoms with Crippen molar-refractivity contribution in [3.63, 3.8) is 0 Å². The third-order valence-electron chi connectivity index (χ3n) is 4.86. The van der Waals surface area contributed by atoms with E-state index in [4.69, 9.17) is 5.73 Å². The largest absolute Gasteiger partial charge is 0.328 e. The van der Waals surface area contributed by atoms with Gasteiger partial charge in [-0.05, 0) is 44.4 Å². The zero-order valence-corrected chi connectivity index (χ0v) is 9.70. The summed E-state index contributed by atoms with van der Waals surface area (Å²) in [4.78, 5) is 2.83. The summed E-state index contributed by atoms with van der Waals surface area (Å²) in [6.07, 6.45) is 11.3. The zero-order chi connectivity index (χ0) is 10.3. The predicted molar refractivity (Wildman–Crippen MR) is 62.7 cm³/mol. The molecule has 2 bridgehead atoms. The topological polar surface area (TPSA) is 29.3 Å². The van der Waals surface area contributed by atoms with Crippen LogP contribution in [0.1, 0.15) is 51.4 Å². The minimum absolute atomic E-state index is 0.498. The summed E-state index contributed by atoms with van der Waals surface area (Å²) < 4.78 is 0. The van der Waals surface area contributed by atoms with Gasteiger partial charge in [-0.3, -0.25) is 4.90 Å². The smallest absolute Gasteiger partial charge is 0.0113 e. The van der Waals surface area contributed by atoms with E-state index in [2.05, 4.69) is 4.90 Å². The van der Waals surface area contributed by atoms with E-state index in [0.29, 0.717) is 6.04 Å². The Hall–Kier alpha value is -0.0800. The van der Waals surface area contributed by atoms with Gasteiger partial charge in [0.25, 0.3) is 0 Å². The molecule has 0 amide bonds. The van der Waals surface area contributed by atoms with Gasteiger partial charge in [0.05, 0.1) is 0 Å². The molecule has 0 aromatic carbocycles. The second-order valence-electron chi connectivity index (χ2n) is 5.96. The summed E-state index contributed by atoms with van der Waals surface area (Å²) in [7, 11) is 0. The molecule has 15 heavy (non-hydrogen) atoms. The first-order valence-corrected chi connectivity index (χ1v) is 6.84. The molecule has 3 aliphatic rings. The normalized spacial score (nSPS) is 42.6. The highest BCUT2D eigenvalue weighted by Gasteiger charge is 2.38. The molecule has 2 atom stereocenters. The average Bonchev–Trinajstić information content (AvgIpc) is 2.11. The van der Waals surface area contributed by atoms with Gasteiger partial charge in [0, 0.05) is 24.7 Å². The first kappa shape index (κ1) is 10.1. The predicted octanol–water partition coefficient (Wildman–Crippen LogP) is 2.13. The summed E-state index contributed by atoms with van der Waals surface area (Å²) in [5.74, 6) is 1.03. The van der Waals surface area contributed by atoms with Crippen LogP contribution in [-0.2, 0) is 0 Å². The van der Waals surface area contributed by atoms with E-state index in [9.17, 15) is 0 Å². The Morgan fingerprint density at radius 3 is 2.07 bits per heavy atom. The molecule has 2 heteroatoms. The maximum Gasteiger partial charge on any atom is 0.0113 e. The van der Waals surface area contributed by atoms with E-state index < -0.39 is 0 Å². The van der Waals surface area contributed by atoms with Crippen molar-refractivity contribution >= 4 is 0 Å². The number of hydrogen-bond donors (Lipinski definition) is 1. The van der Waals surface area contributed by atoms with Crippen molar-refractivity contribution in [3.05, 3.63) is 0 Å². The second-order valence-corrected chi connectivity index (χ2v) is 5.96. The first-order chi connectivity index (χ1) is 7.33. The number of piperidine rings is 2. The van der Waals surface area contributed by atoms with E-state index >= 15 is 0 Å². The minimum atomic E-state index is 0.498. The highest BCUT2D eigenvalue weighted by Crippen LogP contribution is 2.36. The summed E-state index contributed by atoms with van der Waals surface area (Å²) in [6, 6.07) is 2.18. The second kappa shape index (κ2) is 4.06. The van der Waals surface area contributed by atoms with Crippen molar-refractivity contribution in [1.82, 2.24) is 4.90 Å². The Kier molecular flexibility index (Phi) is 2.73. The SMILES string of the molecule is NC1CC2CCCC(C1)N2CC1CCC1. The summed E-state index contributed by atoms with van der Waals surface area (Å²) in [6.45, 7) is 1.39. The van der Waals surface area contributed by atoms with Gasteiger partial charge in [0.15, 0.2) is 0 Å². The monoisotopic (exact) mass is 208 g/mol. The fourth-order valence-corrected chi connectivity index (χ4v) is 3.79. The van der Waals surface area contributed by atoms with Crippen LogP contribution >= 0.6 is 0 Å². The van der Waals surface area contributed by atoms with Gasteiger partial charge in [-0.25, -0.2) is 0 Å². The summed E-state index contributed by atoms with van der Waals surface area (Å²) in [5.41, 5.74) is 6.14. The van der Waals surface area contributed by atoms with Gasteiger partial charge >= 0.3 is 0 Å². The number of nitrogens with two attached hydrogens (primary N) is 1. The lowest BCUT2D eigenvalue weighted by molar-refractivity contribution is 0.00794. The van der Waals surface area contributed by atoms with Crippen LogP contribution in [0.25, 0.3) is 0 Å². The molecule has 0 aromatic heterocycles. The number of hydrogen-bond acceptors (Lipinski definition) is 2. The van der Waals surface area contributed by atoms with E-state index in [1.165, 1.54) is 57.9 Å². The van der Waals surface area contributed by atoms with Crippen LogP contribution in [0.3, 0.4) is 0 Å². The van der Waals surface area contributed by atoms with Crippen molar-refractivity contribution < 1.29 is 0 Å². The van der Waals surface area contributed by atoms with Crippen LogP contribution < -0.4 is 5.73 Å². The molecule has 2 N–H and O–H groups in total. The third kappa shape index (κ3) is 1.94. The molecule has 2 unspecified atom stereocenters. The van der Waals surface area contributed by atoms with E-state index in [1.807, 2.05) is 0 Å². The average molecular weight is 208 g/mol. The van der Waals surface area contributed by atoms with E-state index in [1.54, 1.807) is 0 Å². The van der Waals surface area contributed by atoms with Crippen LogP contribution in [-0.4, -0.2) is 29.6 Å². The first-order valence-electron chi connectivity index (χ1n) is 6.84. The molecule has 3 fully saturated rings. The van der Waals surface area contributed by atoms with Gasteiger partial charge in [0.2, 0.25) is 0 Å². The van der Waals surface area contributed by atoms with Crippen LogP contribution in [0.15, 0.2) is 0 Å². The Bertz CT molecular complexity index is 211. The Morgan fingerprint density at radius 1 is 0.933 bits per heavy atom. The van der Waals surface area contributed by atoms with Crippen LogP contribution in [0.2, 0.25) is 0 Å². The molecule has 0 aromatic rings. The lowest BCUT2D eigenvalue weighted by atomic mass is 9.78. The minimum Gasteiger partial charge on any atom is -0.328 e. The maximum absolute atomic E-state index is 6.14. The van der Waals surface area contributed by atoms with E-state index in [0.717, 1.165) is 18.0 Å². The van der Waals surface area contributed by atoms with Crippen molar-refractivity contribution in [2.24, 2.45) is 11.7 Å². The molecule has 1 saturated carbocycles. The highest BCUT2D eigenvalue weighted by atomic mass is 15.2. The van der Waals surface area contributed by atoms with Crippen molar-refractivity contribution in [2.45, 2.75) is 69.5 Å². The van der Waals surface area contributed by atoms with Crippen LogP contribution in [0.5, 0.6) is 0 Å². The Balaban J connectivity index is 1.65. The van der Waals surface area contributed by atoms with Crippen molar-refractivity contribution in [2.75, 3.05) is 6.54 Å². The van der Waals surface area contributed by atoms with Crippen LogP contribution in [0, 0.1) is 5.92 Å². The molecule has 2 saturated heterocycles. The molecule has 2 nitrogen and oxygen atoms in total. The molecule has 0 spiro atoms. The molecular formula is C13H24N2. The lowest BCUT2D eigenvalue weighted by Crippen LogP contribution is -2.56. The quantitative estimate of drug-likeness (QED) is 0.753. The van der Waals surface area contributed by atoms with Gasteiger partial charge < -0.3 is 5.73 Å². The van der Waals surface area contributed by atoms with Gasteiger partial charge in [-0.15, -0.1) is 0 Å². The molecule has 1 aliphatic carbocycles. The zero-order valence-electron chi connectivity index (χ0n) is 9.70. The number of nitrogens with zero attached hydrogens (tertiary/aromatic N) is 1. The fourth-order valence-electron chi connectivity index (χ4n) is 3.79. The molecule has 0 radical (unpaired) electrons. The van der Waals surface area contributed by atoms with Gasteiger partial charge in [0.1, 0.15) is 0 Å². The Morgan fingerprint density at radius 2 is 1.53 bits per heavy atom. The highest BCUT2D eigenvalue weighted by molar-refractivity contribution is 4.95. The summed E-state index contributed by atoms with van der Waals surface area (Å²) >= 11 is 0. The van der Waals surface area contributed by atoms with Gasteiger partial charge in [-0.2, -0.15) is 0 Å². The number of rotatable bonds is 2. The molecular weight excluding hydrogens is 184 g/mol. The number of fused-ring (bicyclic) bond motifs is 2. The lowest BCUT2D eigenvalue weighted by Gasteiger charge is -2.50. The molecule has 2 heterocycles. The molecule has 86 valence electrons. The standard InChI is InChI=1S/C13H24N2/c14-11-7-12-5-2-6-13(8-11)15(12)9-10-3-1-4-10/h10-13H,1-9,14H2. The molecule has 3 rings (SSSR count). The summed E-state index contributed by atoms with van der Waals surface area (Å²) in [5, 5.41) is 0. The molecule has 2 aliphatic heterocycles. The van der Waals surface area contributed by atoms with Crippen LogP contribution in [0.4, 0.5) is 0 Å². The van der Waals surface area contributed by atoms with Crippen molar-refractivity contribution in [3.8, 4) is 0 Å². The van der Waals surface area contributed by atoms with E-state index in [-0.39, 0.29) is 0 Å². The van der Waals surface area contributed by atoms with Gasteiger partial charge in [-0.1, -0.05) is 12.8 Å². The van der Waals surface area contributed by atoms with Crippen molar-refractivity contribution in [1.29, 1.82) is 0 Å². The Labute approximate surface area is 93.2 Å². The maximum atomic E-state index is 6.14. The third-order valence-corrected chi connectivity index (χ3v) is 4.86. The fraction of sp³-hybridized carbons (Fsp3) is 1.00.